The van der Waals surface area contributed by atoms with Gasteiger partial charge in [-0.1, -0.05) is 17.7 Å². The Balaban J connectivity index is 3.60. The van der Waals surface area contributed by atoms with Gasteiger partial charge in [0, 0.05) is 5.03 Å². The van der Waals surface area contributed by atoms with Crippen molar-refractivity contribution in [2.24, 2.45) is 0 Å². The average Bonchev–Trinajstić information content (AvgIpc) is 1.87. The maximum absolute atomic E-state index is 10.4. The minimum atomic E-state index is -0.307. The van der Waals surface area contributed by atoms with Crippen molar-refractivity contribution in [3.05, 3.63) is 11.1 Å². The maximum Gasteiger partial charge on any atom is 0.310 e. The Morgan fingerprint density at radius 1 is 1.78 bits per heavy atom. The number of ether oxygens (including phenoxy) is 1. The van der Waals surface area contributed by atoms with E-state index < -0.39 is 0 Å². The molecule has 0 aromatic heterocycles. The zero-order chi connectivity index (χ0) is 7.28. The fraction of sp³-hybridized carbons (Fsp3) is 0.500. The van der Waals surface area contributed by atoms with Crippen LogP contribution in [0.15, 0.2) is 11.1 Å². The van der Waals surface area contributed by atoms with E-state index in [-0.39, 0.29) is 12.4 Å². The number of hydrogen-bond acceptors (Lipinski definition) is 2. The first-order chi connectivity index (χ1) is 4.20. The Kier molecular flexibility index (Phi) is 4.14. The third kappa shape index (κ3) is 4.03. The summed E-state index contributed by atoms with van der Waals surface area (Å²) in [6.45, 7) is 1.77. The van der Waals surface area contributed by atoms with Gasteiger partial charge in [0.25, 0.3) is 0 Å². The van der Waals surface area contributed by atoms with E-state index in [1.54, 1.807) is 13.0 Å². The summed E-state index contributed by atoms with van der Waals surface area (Å²) < 4.78 is 4.36. The van der Waals surface area contributed by atoms with Crippen LogP contribution < -0.4 is 0 Å². The topological polar surface area (TPSA) is 26.3 Å². The number of carbonyl (C=O) groups excluding carboxylic acids is 1. The summed E-state index contributed by atoms with van der Waals surface area (Å²) in [5.41, 5.74) is 0. The van der Waals surface area contributed by atoms with Gasteiger partial charge in [0.1, 0.15) is 0 Å². The Morgan fingerprint density at radius 2 is 2.33 bits per heavy atom. The lowest BCUT2D eigenvalue weighted by molar-refractivity contribution is -0.139. The average molecular weight is 149 g/mol. The predicted octanol–water partition coefficient (Wildman–Crippen LogP) is 1.69. The van der Waals surface area contributed by atoms with Crippen molar-refractivity contribution >= 4 is 17.6 Å². The van der Waals surface area contributed by atoms with Gasteiger partial charge in [0.15, 0.2) is 0 Å². The molecule has 0 atom stereocenters. The molecule has 0 aromatic carbocycles. The van der Waals surface area contributed by atoms with Crippen LogP contribution in [0.25, 0.3) is 0 Å². The second-order valence-corrected chi connectivity index (χ2v) is 1.97. The molecule has 3 heteroatoms. The molecule has 0 spiro atoms. The highest BCUT2D eigenvalue weighted by Crippen LogP contribution is 2.06. The van der Waals surface area contributed by atoms with Crippen LogP contribution in [-0.2, 0) is 9.53 Å². The van der Waals surface area contributed by atoms with Crippen molar-refractivity contribution in [3.63, 3.8) is 0 Å². The fourth-order valence-corrected chi connectivity index (χ4v) is 0.421. The first-order valence-electron chi connectivity index (χ1n) is 2.58. The van der Waals surface area contributed by atoms with Gasteiger partial charge in [-0.25, -0.2) is 0 Å². The number of methoxy groups -OCH3 is 1. The second kappa shape index (κ2) is 4.39. The number of esters is 1. The molecule has 52 valence electrons. The molecule has 0 aliphatic carbocycles. The molecular formula is C6H9ClO2. The van der Waals surface area contributed by atoms with Crippen LogP contribution in [0.1, 0.15) is 13.3 Å². The zero-order valence-corrected chi connectivity index (χ0v) is 6.23. The van der Waals surface area contributed by atoms with Gasteiger partial charge in [-0.2, -0.15) is 0 Å². The lowest BCUT2D eigenvalue weighted by atomic mass is 10.4. The summed E-state index contributed by atoms with van der Waals surface area (Å²) in [7, 11) is 1.34. The molecule has 0 aliphatic heterocycles. The summed E-state index contributed by atoms with van der Waals surface area (Å²) in [6.07, 6.45) is 1.84. The molecule has 0 fully saturated rings. The minimum absolute atomic E-state index is 0.175. The maximum atomic E-state index is 10.4. The predicted molar refractivity (Wildman–Crippen MR) is 36.2 cm³/mol. The third-order valence-electron chi connectivity index (χ3n) is 0.854. The molecule has 0 N–H and O–H groups in total. The van der Waals surface area contributed by atoms with E-state index in [0.717, 1.165) is 0 Å². The van der Waals surface area contributed by atoms with Gasteiger partial charge in [0.05, 0.1) is 13.5 Å². The monoisotopic (exact) mass is 148 g/mol. The summed E-state index contributed by atoms with van der Waals surface area (Å²) >= 11 is 5.50. The summed E-state index contributed by atoms with van der Waals surface area (Å²) in [5, 5.41) is 0.516. The van der Waals surface area contributed by atoms with Gasteiger partial charge in [-0.05, 0) is 6.92 Å². The number of hydrogen-bond donors (Lipinski definition) is 0. The van der Waals surface area contributed by atoms with E-state index in [4.69, 9.17) is 11.6 Å². The smallest absolute Gasteiger partial charge is 0.310 e. The molecule has 0 radical (unpaired) electrons. The molecule has 2 nitrogen and oxygen atoms in total. The second-order valence-electron chi connectivity index (χ2n) is 1.49. The van der Waals surface area contributed by atoms with Crippen molar-refractivity contribution in [2.75, 3.05) is 7.11 Å². The van der Waals surface area contributed by atoms with Gasteiger partial charge in [-0.3, -0.25) is 4.79 Å². The third-order valence-corrected chi connectivity index (χ3v) is 1.21. The van der Waals surface area contributed by atoms with Crippen LogP contribution in [-0.4, -0.2) is 13.1 Å². The molecule has 0 unspecified atom stereocenters. The largest absolute Gasteiger partial charge is 0.469 e. The van der Waals surface area contributed by atoms with Crippen molar-refractivity contribution < 1.29 is 9.53 Å². The lowest BCUT2D eigenvalue weighted by Crippen LogP contribution is -1.98. The molecule has 0 heterocycles. The number of carbonyl (C=O) groups is 1. The fourth-order valence-electron chi connectivity index (χ4n) is 0.312. The van der Waals surface area contributed by atoms with E-state index in [1.165, 1.54) is 7.11 Å². The van der Waals surface area contributed by atoms with E-state index in [9.17, 15) is 4.79 Å². The van der Waals surface area contributed by atoms with Gasteiger partial charge >= 0.3 is 5.97 Å². The normalized spacial score (nSPS) is 11.2. The van der Waals surface area contributed by atoms with Crippen LogP contribution in [0.2, 0.25) is 0 Å². The van der Waals surface area contributed by atoms with Gasteiger partial charge < -0.3 is 4.74 Å². The Labute approximate surface area is 59.5 Å². The van der Waals surface area contributed by atoms with Crippen LogP contribution in [0.4, 0.5) is 0 Å². The van der Waals surface area contributed by atoms with Gasteiger partial charge in [-0.15, -0.1) is 0 Å². The lowest BCUT2D eigenvalue weighted by Gasteiger charge is -1.94. The zero-order valence-electron chi connectivity index (χ0n) is 5.48. The summed E-state index contributed by atoms with van der Waals surface area (Å²) in [4.78, 5) is 10.4. The van der Waals surface area contributed by atoms with Crippen molar-refractivity contribution in [3.8, 4) is 0 Å². The van der Waals surface area contributed by atoms with Crippen LogP contribution in [0.3, 0.4) is 0 Å². The van der Waals surface area contributed by atoms with E-state index in [1.807, 2.05) is 0 Å². The van der Waals surface area contributed by atoms with E-state index in [2.05, 4.69) is 4.74 Å². The molecular weight excluding hydrogens is 140 g/mol. The van der Waals surface area contributed by atoms with Crippen LogP contribution in [0, 0.1) is 0 Å². The van der Waals surface area contributed by atoms with Crippen LogP contribution in [0.5, 0.6) is 0 Å². The Morgan fingerprint density at radius 3 is 2.67 bits per heavy atom. The molecule has 0 saturated carbocycles. The molecule has 0 rings (SSSR count). The molecule has 0 aromatic rings. The SMILES string of the molecule is CC=C(Cl)CC(=O)OC. The minimum Gasteiger partial charge on any atom is -0.469 e. The Bertz CT molecular complexity index is 129. The molecule has 0 amide bonds. The number of rotatable bonds is 2. The number of allylic oxidation sites excluding steroid dienone is 1. The Hall–Kier alpha value is -0.500. The van der Waals surface area contributed by atoms with Crippen molar-refractivity contribution in [2.45, 2.75) is 13.3 Å². The van der Waals surface area contributed by atoms with E-state index >= 15 is 0 Å². The molecule has 0 saturated heterocycles. The summed E-state index contributed by atoms with van der Waals surface area (Å²) in [6, 6.07) is 0. The molecule has 9 heavy (non-hydrogen) atoms. The van der Waals surface area contributed by atoms with Crippen molar-refractivity contribution in [1.82, 2.24) is 0 Å². The number of halogens is 1. The molecule has 0 bridgehead atoms. The highest BCUT2D eigenvalue weighted by atomic mass is 35.5. The first kappa shape index (κ1) is 8.50. The molecule has 0 aliphatic rings. The summed E-state index contributed by atoms with van der Waals surface area (Å²) in [5.74, 6) is -0.307. The standard InChI is InChI=1S/C6H9ClO2/c1-3-5(7)4-6(8)9-2/h3H,4H2,1-2H3. The van der Waals surface area contributed by atoms with Crippen LogP contribution >= 0.6 is 11.6 Å². The quantitative estimate of drug-likeness (QED) is 0.557. The van der Waals surface area contributed by atoms with Gasteiger partial charge in [0.2, 0.25) is 0 Å². The highest BCUT2D eigenvalue weighted by molar-refractivity contribution is 6.30. The first-order valence-corrected chi connectivity index (χ1v) is 2.96. The van der Waals surface area contributed by atoms with Crippen molar-refractivity contribution in [1.29, 1.82) is 0 Å². The highest BCUT2D eigenvalue weighted by Gasteiger charge is 2.00. The van der Waals surface area contributed by atoms with E-state index in [0.29, 0.717) is 5.03 Å².